The molecule has 0 aromatic carbocycles. The Kier molecular flexibility index (Phi) is 2.67. The molecule has 1 aromatic heterocycles. The van der Waals surface area contributed by atoms with Crippen LogP contribution in [-0.4, -0.2) is 31.2 Å². The van der Waals surface area contributed by atoms with Crippen LogP contribution in [0, 0.1) is 5.92 Å². The van der Waals surface area contributed by atoms with Gasteiger partial charge in [0.15, 0.2) is 11.4 Å². The van der Waals surface area contributed by atoms with Crippen molar-refractivity contribution in [2.24, 2.45) is 5.92 Å². The van der Waals surface area contributed by atoms with Crippen LogP contribution >= 0.6 is 0 Å². The second kappa shape index (κ2) is 3.86. The highest BCUT2D eigenvalue weighted by molar-refractivity contribution is 5.84. The van der Waals surface area contributed by atoms with E-state index in [0.717, 1.165) is 12.8 Å². The largest absolute Gasteiger partial charge is 0.476 e. The highest BCUT2D eigenvalue weighted by Crippen LogP contribution is 2.35. The van der Waals surface area contributed by atoms with E-state index in [2.05, 4.69) is 17.2 Å². The van der Waals surface area contributed by atoms with E-state index in [1.807, 2.05) is 0 Å². The van der Waals surface area contributed by atoms with Crippen LogP contribution in [0.15, 0.2) is 6.20 Å². The average Bonchev–Trinajstić information content (AvgIpc) is 2.66. The minimum atomic E-state index is -1.13. The maximum atomic E-state index is 10.7. The summed E-state index contributed by atoms with van der Waals surface area (Å²) in [6, 6.07) is 0. The van der Waals surface area contributed by atoms with Crippen LogP contribution in [0.3, 0.4) is 0 Å². The van der Waals surface area contributed by atoms with Gasteiger partial charge in [-0.25, -0.2) is 9.48 Å². The van der Waals surface area contributed by atoms with Crippen molar-refractivity contribution in [3.05, 3.63) is 11.9 Å². The van der Waals surface area contributed by atoms with Gasteiger partial charge in [-0.05, 0) is 25.2 Å². The molecule has 1 aromatic rings. The van der Waals surface area contributed by atoms with Gasteiger partial charge in [0, 0.05) is 0 Å². The molecule has 1 fully saturated rings. The molecule has 2 N–H and O–H groups in total. The van der Waals surface area contributed by atoms with Gasteiger partial charge < -0.3 is 10.2 Å². The third-order valence-corrected chi connectivity index (χ3v) is 3.09. The van der Waals surface area contributed by atoms with E-state index >= 15 is 0 Å². The van der Waals surface area contributed by atoms with Crippen LogP contribution in [0.25, 0.3) is 0 Å². The van der Waals surface area contributed by atoms with Crippen molar-refractivity contribution in [3.63, 3.8) is 0 Å². The monoisotopic (exact) mass is 225 g/mol. The molecule has 16 heavy (non-hydrogen) atoms. The van der Waals surface area contributed by atoms with Gasteiger partial charge >= 0.3 is 5.97 Å². The van der Waals surface area contributed by atoms with E-state index < -0.39 is 11.7 Å². The summed E-state index contributed by atoms with van der Waals surface area (Å²) >= 11 is 0. The Morgan fingerprint density at radius 1 is 1.69 bits per heavy atom. The number of rotatable bonds is 2. The van der Waals surface area contributed by atoms with Crippen LogP contribution in [0.5, 0.6) is 0 Å². The fourth-order valence-corrected chi connectivity index (χ4v) is 2.27. The molecular formula is C10H15N3O3. The van der Waals surface area contributed by atoms with Crippen LogP contribution in [0.1, 0.15) is 43.1 Å². The number of carboxylic acids is 1. The molecule has 6 heteroatoms. The lowest BCUT2D eigenvalue weighted by Crippen LogP contribution is -2.38. The Morgan fingerprint density at radius 3 is 3.00 bits per heavy atom. The molecule has 88 valence electrons. The molecule has 0 amide bonds. The number of nitrogens with zero attached hydrogens (tertiary/aromatic N) is 3. The first-order valence-corrected chi connectivity index (χ1v) is 5.40. The van der Waals surface area contributed by atoms with Crippen LogP contribution in [0.2, 0.25) is 0 Å². The van der Waals surface area contributed by atoms with E-state index in [4.69, 9.17) is 5.11 Å². The molecule has 2 rings (SSSR count). The van der Waals surface area contributed by atoms with E-state index in [1.165, 1.54) is 10.9 Å². The molecule has 1 heterocycles. The number of carboxylic acid groups (broad SMARTS) is 1. The Labute approximate surface area is 92.9 Å². The van der Waals surface area contributed by atoms with E-state index in [-0.39, 0.29) is 5.69 Å². The molecule has 0 saturated heterocycles. The zero-order valence-corrected chi connectivity index (χ0v) is 9.13. The van der Waals surface area contributed by atoms with Crippen LogP contribution in [0.4, 0.5) is 0 Å². The second-order valence-electron chi connectivity index (χ2n) is 4.54. The lowest BCUT2D eigenvalue weighted by molar-refractivity contribution is -0.0940. The molecular weight excluding hydrogens is 210 g/mol. The number of aromatic nitrogens is 3. The van der Waals surface area contributed by atoms with E-state index in [0.29, 0.717) is 18.8 Å². The first-order valence-electron chi connectivity index (χ1n) is 5.40. The van der Waals surface area contributed by atoms with Gasteiger partial charge in [-0.1, -0.05) is 18.6 Å². The lowest BCUT2D eigenvalue weighted by Gasteiger charge is -2.35. The summed E-state index contributed by atoms with van der Waals surface area (Å²) in [6.45, 7) is 2.07. The fourth-order valence-electron chi connectivity index (χ4n) is 2.27. The van der Waals surface area contributed by atoms with Crippen molar-refractivity contribution in [2.75, 3.05) is 0 Å². The molecule has 0 radical (unpaired) electrons. The van der Waals surface area contributed by atoms with Gasteiger partial charge in [0.2, 0.25) is 0 Å². The summed E-state index contributed by atoms with van der Waals surface area (Å²) < 4.78 is 1.28. The molecule has 1 saturated carbocycles. The predicted molar refractivity (Wildman–Crippen MR) is 54.8 cm³/mol. The van der Waals surface area contributed by atoms with Crippen LogP contribution in [-0.2, 0) is 5.72 Å². The molecule has 0 aliphatic heterocycles. The van der Waals surface area contributed by atoms with Gasteiger partial charge in [-0.2, -0.15) is 0 Å². The van der Waals surface area contributed by atoms with Gasteiger partial charge in [0.05, 0.1) is 6.20 Å². The highest BCUT2D eigenvalue weighted by atomic mass is 16.4. The van der Waals surface area contributed by atoms with Gasteiger partial charge in [0.1, 0.15) is 0 Å². The Balaban J connectivity index is 2.24. The summed E-state index contributed by atoms with van der Waals surface area (Å²) in [6.07, 6.45) is 4.48. The average molecular weight is 225 g/mol. The molecule has 1 aliphatic rings. The van der Waals surface area contributed by atoms with Gasteiger partial charge in [-0.3, -0.25) is 0 Å². The SMILES string of the molecule is C[C@@H]1CCC[C@@](O)(n2cc(C(=O)O)nn2)C1. The van der Waals surface area contributed by atoms with Crippen molar-refractivity contribution < 1.29 is 15.0 Å². The van der Waals surface area contributed by atoms with E-state index in [1.54, 1.807) is 0 Å². The topological polar surface area (TPSA) is 88.2 Å². The number of hydrogen-bond acceptors (Lipinski definition) is 4. The molecule has 6 nitrogen and oxygen atoms in total. The number of aliphatic hydroxyl groups is 1. The number of aromatic carboxylic acids is 1. The third kappa shape index (κ3) is 1.92. The molecule has 0 bridgehead atoms. The van der Waals surface area contributed by atoms with Crippen molar-refractivity contribution >= 4 is 5.97 Å². The van der Waals surface area contributed by atoms with Gasteiger partial charge in [-0.15, -0.1) is 5.10 Å². The van der Waals surface area contributed by atoms with Gasteiger partial charge in [0.25, 0.3) is 0 Å². The molecule has 0 spiro atoms. The Hall–Kier alpha value is -1.43. The number of hydrogen-bond donors (Lipinski definition) is 2. The van der Waals surface area contributed by atoms with Crippen molar-refractivity contribution in [3.8, 4) is 0 Å². The highest BCUT2D eigenvalue weighted by Gasteiger charge is 2.35. The molecule has 2 atom stereocenters. The standard InChI is InChI=1S/C10H15N3O3/c1-7-3-2-4-10(16,5-7)13-6-8(9(14)15)11-12-13/h6-7,16H,2-5H2,1H3,(H,14,15)/t7-,10+/m1/s1. The normalized spacial score (nSPS) is 30.2. The van der Waals surface area contributed by atoms with Crippen molar-refractivity contribution in [2.45, 2.75) is 38.3 Å². The Morgan fingerprint density at radius 2 is 2.44 bits per heavy atom. The van der Waals surface area contributed by atoms with Crippen LogP contribution < -0.4 is 0 Å². The summed E-state index contributed by atoms with van der Waals surface area (Å²) in [5.41, 5.74) is -1.20. The zero-order chi connectivity index (χ0) is 11.8. The first kappa shape index (κ1) is 11.1. The summed E-state index contributed by atoms with van der Waals surface area (Å²) in [5, 5.41) is 26.3. The maximum Gasteiger partial charge on any atom is 0.358 e. The molecule has 0 unspecified atom stereocenters. The predicted octanol–water partition coefficient (Wildman–Crippen LogP) is 0.831. The molecule has 1 aliphatic carbocycles. The van der Waals surface area contributed by atoms with E-state index in [9.17, 15) is 9.90 Å². The summed E-state index contributed by atoms with van der Waals surface area (Å²) in [5.74, 6) is -0.713. The summed E-state index contributed by atoms with van der Waals surface area (Å²) in [4.78, 5) is 10.7. The second-order valence-corrected chi connectivity index (χ2v) is 4.54. The first-order chi connectivity index (χ1) is 7.51. The smallest absolute Gasteiger partial charge is 0.358 e. The maximum absolute atomic E-state index is 10.7. The minimum Gasteiger partial charge on any atom is -0.476 e. The quantitative estimate of drug-likeness (QED) is 0.778. The lowest BCUT2D eigenvalue weighted by atomic mass is 9.84. The zero-order valence-electron chi connectivity index (χ0n) is 9.13. The Bertz CT molecular complexity index is 404. The fraction of sp³-hybridized carbons (Fsp3) is 0.700. The summed E-state index contributed by atoms with van der Waals surface area (Å²) in [7, 11) is 0. The number of carbonyl (C=O) groups is 1. The van der Waals surface area contributed by atoms with Crippen molar-refractivity contribution in [1.82, 2.24) is 15.0 Å². The van der Waals surface area contributed by atoms with Crippen molar-refractivity contribution in [1.29, 1.82) is 0 Å². The minimum absolute atomic E-state index is 0.133. The third-order valence-electron chi connectivity index (χ3n) is 3.09.